The van der Waals surface area contributed by atoms with E-state index in [9.17, 15) is 5.11 Å². The Kier molecular flexibility index (Phi) is 3.64. The molecule has 1 aromatic rings. The summed E-state index contributed by atoms with van der Waals surface area (Å²) in [6, 6.07) is 4.17. The highest BCUT2D eigenvalue weighted by molar-refractivity contribution is 7.10. The third-order valence-corrected chi connectivity index (χ3v) is 3.59. The van der Waals surface area contributed by atoms with Crippen molar-refractivity contribution in [2.45, 2.75) is 25.6 Å². The summed E-state index contributed by atoms with van der Waals surface area (Å²) in [5.74, 6) is 0. The zero-order valence-corrected chi connectivity index (χ0v) is 10.7. The minimum absolute atomic E-state index is 0.177. The number of nitrogens with zero attached hydrogens (tertiary/aromatic N) is 1. The van der Waals surface area contributed by atoms with Crippen LogP contribution in [0.15, 0.2) is 17.5 Å². The molecule has 1 aromatic heterocycles. The fourth-order valence-corrected chi connectivity index (χ4v) is 2.81. The molecule has 1 aliphatic rings. The third-order valence-electron chi connectivity index (χ3n) is 2.62. The summed E-state index contributed by atoms with van der Waals surface area (Å²) in [6.45, 7) is 6.94. The summed E-state index contributed by atoms with van der Waals surface area (Å²) in [5.41, 5.74) is -0.628. The fraction of sp³-hybridized carbons (Fsp3) is 0.667. The molecular weight excluding hydrogens is 222 g/mol. The number of hydrogen-bond donors (Lipinski definition) is 1. The predicted octanol–water partition coefficient (Wildman–Crippen LogP) is 1.89. The van der Waals surface area contributed by atoms with Crippen molar-refractivity contribution in [2.75, 3.05) is 26.2 Å². The molecule has 1 aliphatic heterocycles. The van der Waals surface area contributed by atoms with E-state index in [2.05, 4.69) is 22.4 Å². The minimum atomic E-state index is -0.628. The molecule has 2 rings (SSSR count). The summed E-state index contributed by atoms with van der Waals surface area (Å²) in [5, 5.41) is 11.9. The molecule has 3 nitrogen and oxygen atoms in total. The molecule has 1 atom stereocenters. The Balaban J connectivity index is 1.94. The first kappa shape index (κ1) is 12.0. The Hall–Kier alpha value is -0.420. The minimum Gasteiger partial charge on any atom is -0.389 e. The summed E-state index contributed by atoms with van der Waals surface area (Å²) in [7, 11) is 0. The van der Waals surface area contributed by atoms with E-state index in [4.69, 9.17) is 4.74 Å². The first-order valence-electron chi connectivity index (χ1n) is 5.64. The lowest BCUT2D eigenvalue weighted by Gasteiger charge is -2.35. The normalized spacial score (nSPS) is 23.6. The lowest BCUT2D eigenvalue weighted by atomic mass is 10.1. The lowest BCUT2D eigenvalue weighted by molar-refractivity contribution is -0.0550. The molecule has 1 N–H and O–H groups in total. The molecule has 0 amide bonds. The highest BCUT2D eigenvalue weighted by Gasteiger charge is 2.26. The van der Waals surface area contributed by atoms with Crippen molar-refractivity contribution in [3.63, 3.8) is 0 Å². The van der Waals surface area contributed by atoms with E-state index >= 15 is 0 Å². The maximum Gasteiger partial charge on any atom is 0.104 e. The molecule has 1 fully saturated rings. The standard InChI is InChI=1S/C12H19NO2S/c1-12(2,14)9-13-5-6-15-10(8-13)11-4-3-7-16-11/h3-4,7,10,14H,5-6,8-9H2,1-2H3. The van der Waals surface area contributed by atoms with Gasteiger partial charge in [0, 0.05) is 24.5 Å². The van der Waals surface area contributed by atoms with Gasteiger partial charge < -0.3 is 9.84 Å². The van der Waals surface area contributed by atoms with Crippen molar-refractivity contribution in [1.29, 1.82) is 0 Å². The topological polar surface area (TPSA) is 32.7 Å². The maximum absolute atomic E-state index is 9.81. The number of thiophene rings is 1. The molecule has 0 spiro atoms. The molecule has 0 bridgehead atoms. The van der Waals surface area contributed by atoms with Gasteiger partial charge in [-0.15, -0.1) is 11.3 Å². The number of hydrogen-bond acceptors (Lipinski definition) is 4. The third kappa shape index (κ3) is 3.28. The van der Waals surface area contributed by atoms with Gasteiger partial charge in [-0.05, 0) is 25.3 Å². The predicted molar refractivity (Wildman–Crippen MR) is 65.7 cm³/mol. The maximum atomic E-state index is 9.81. The zero-order chi connectivity index (χ0) is 11.6. The van der Waals surface area contributed by atoms with Crippen molar-refractivity contribution >= 4 is 11.3 Å². The molecule has 2 heterocycles. The van der Waals surface area contributed by atoms with E-state index in [-0.39, 0.29) is 6.10 Å². The average Bonchev–Trinajstić information content (AvgIpc) is 2.68. The van der Waals surface area contributed by atoms with E-state index in [0.717, 1.165) is 19.7 Å². The van der Waals surface area contributed by atoms with Gasteiger partial charge in [-0.1, -0.05) is 6.07 Å². The van der Waals surface area contributed by atoms with E-state index < -0.39 is 5.60 Å². The Morgan fingerprint density at radius 1 is 1.62 bits per heavy atom. The molecule has 90 valence electrons. The monoisotopic (exact) mass is 241 g/mol. The summed E-state index contributed by atoms with van der Waals surface area (Å²) >= 11 is 1.74. The van der Waals surface area contributed by atoms with Crippen LogP contribution in [0.3, 0.4) is 0 Å². The van der Waals surface area contributed by atoms with Crippen molar-refractivity contribution in [2.24, 2.45) is 0 Å². The van der Waals surface area contributed by atoms with Crippen LogP contribution < -0.4 is 0 Å². The van der Waals surface area contributed by atoms with Crippen molar-refractivity contribution in [1.82, 2.24) is 4.90 Å². The number of β-amino-alcohol motifs (C(OH)–C–C–N with tert-alkyl or cyclic N) is 1. The second-order valence-corrected chi connectivity index (χ2v) is 5.90. The van der Waals surface area contributed by atoms with Crippen molar-refractivity contribution < 1.29 is 9.84 Å². The molecule has 0 radical (unpaired) electrons. The van der Waals surface area contributed by atoms with Gasteiger partial charge in [-0.3, -0.25) is 4.90 Å². The molecule has 0 aliphatic carbocycles. The van der Waals surface area contributed by atoms with Gasteiger partial charge in [-0.2, -0.15) is 0 Å². The Morgan fingerprint density at radius 2 is 2.44 bits per heavy atom. The van der Waals surface area contributed by atoms with Crippen molar-refractivity contribution in [3.05, 3.63) is 22.4 Å². The summed E-state index contributed by atoms with van der Waals surface area (Å²) in [4.78, 5) is 3.55. The molecule has 4 heteroatoms. The Morgan fingerprint density at radius 3 is 3.06 bits per heavy atom. The Bertz CT molecular complexity index is 318. The Labute approximate surface area is 101 Å². The highest BCUT2D eigenvalue weighted by Crippen LogP contribution is 2.26. The van der Waals surface area contributed by atoms with E-state index in [1.807, 2.05) is 13.8 Å². The average molecular weight is 241 g/mol. The van der Waals surface area contributed by atoms with E-state index in [1.165, 1.54) is 4.88 Å². The molecular formula is C12H19NO2S. The van der Waals surface area contributed by atoms with Crippen LogP contribution in [0.5, 0.6) is 0 Å². The van der Waals surface area contributed by atoms with Crippen molar-refractivity contribution in [3.8, 4) is 0 Å². The molecule has 1 unspecified atom stereocenters. The first-order chi connectivity index (χ1) is 7.54. The molecule has 1 saturated heterocycles. The molecule has 16 heavy (non-hydrogen) atoms. The van der Waals surface area contributed by atoms with Gasteiger partial charge in [0.05, 0.1) is 12.2 Å². The number of aliphatic hydroxyl groups is 1. The second kappa shape index (κ2) is 4.84. The van der Waals surface area contributed by atoms with Crippen LogP contribution in [0, 0.1) is 0 Å². The van der Waals surface area contributed by atoms with Crippen LogP contribution in [0.25, 0.3) is 0 Å². The van der Waals surface area contributed by atoms with Crippen LogP contribution in [-0.4, -0.2) is 41.8 Å². The van der Waals surface area contributed by atoms with Gasteiger partial charge in [0.15, 0.2) is 0 Å². The number of rotatable bonds is 3. The van der Waals surface area contributed by atoms with Gasteiger partial charge in [0.2, 0.25) is 0 Å². The van der Waals surface area contributed by atoms with Crippen LogP contribution in [0.1, 0.15) is 24.8 Å². The van der Waals surface area contributed by atoms with Crippen LogP contribution in [0.2, 0.25) is 0 Å². The van der Waals surface area contributed by atoms with Gasteiger partial charge in [0.1, 0.15) is 6.10 Å². The smallest absolute Gasteiger partial charge is 0.104 e. The zero-order valence-electron chi connectivity index (χ0n) is 9.85. The highest BCUT2D eigenvalue weighted by atomic mass is 32.1. The van der Waals surface area contributed by atoms with E-state index in [0.29, 0.717) is 6.54 Å². The summed E-state index contributed by atoms with van der Waals surface area (Å²) < 4.78 is 5.75. The summed E-state index contributed by atoms with van der Waals surface area (Å²) in [6.07, 6.45) is 0.177. The largest absolute Gasteiger partial charge is 0.389 e. The first-order valence-corrected chi connectivity index (χ1v) is 6.52. The van der Waals surface area contributed by atoms with Gasteiger partial charge in [0.25, 0.3) is 0 Å². The lowest BCUT2D eigenvalue weighted by Crippen LogP contribution is -2.45. The SMILES string of the molecule is CC(C)(O)CN1CCOC(c2cccs2)C1. The quantitative estimate of drug-likeness (QED) is 0.877. The van der Waals surface area contributed by atoms with Crippen LogP contribution in [-0.2, 0) is 4.74 Å². The number of morpholine rings is 1. The fourth-order valence-electron chi connectivity index (χ4n) is 2.04. The number of ether oxygens (including phenoxy) is 1. The molecule has 0 saturated carbocycles. The van der Waals surface area contributed by atoms with E-state index in [1.54, 1.807) is 11.3 Å². The van der Waals surface area contributed by atoms with Gasteiger partial charge in [-0.25, -0.2) is 0 Å². The van der Waals surface area contributed by atoms with Gasteiger partial charge >= 0.3 is 0 Å². The molecule has 0 aromatic carbocycles. The second-order valence-electron chi connectivity index (χ2n) is 4.92. The van der Waals surface area contributed by atoms with Crippen LogP contribution >= 0.6 is 11.3 Å². The van der Waals surface area contributed by atoms with Crippen LogP contribution in [0.4, 0.5) is 0 Å².